The van der Waals surface area contributed by atoms with E-state index in [1.807, 2.05) is 0 Å². The average molecular weight is 569 g/mol. The molecule has 0 aliphatic carbocycles. The van der Waals surface area contributed by atoms with Crippen LogP contribution in [0.1, 0.15) is 165 Å². The van der Waals surface area contributed by atoms with Crippen LogP contribution >= 0.6 is 0 Å². The monoisotopic (exact) mass is 568 g/mol. The van der Waals surface area contributed by atoms with Crippen LogP contribution in [-0.2, 0) is 25.7 Å². The van der Waals surface area contributed by atoms with Crippen molar-refractivity contribution in [2.75, 3.05) is 0 Å². The normalized spacial score (nSPS) is 13.6. The number of unbranched alkanes of at least 4 members (excludes halogenated alkanes) is 8. The summed E-state index contributed by atoms with van der Waals surface area (Å²) in [5, 5.41) is 0. The Labute approximate surface area is 259 Å². The standard InChI is InChI=1S/C40H60N2/c1-7-13-17-19-21-33-26-34(22-20-18-14-8-2)30-36(29-33)40-38(24-16-10-4)37(23-15-9-3)39(42(40)41)35-27-31(11-5)25-32(12-6)28-35/h25-30H,7-24H2,1-6H3. The zero-order valence-electron chi connectivity index (χ0n) is 28.1. The Kier molecular flexibility index (Phi) is 14.8. The van der Waals surface area contributed by atoms with Gasteiger partial charge in [-0.15, -0.1) is 0 Å². The highest BCUT2D eigenvalue weighted by Crippen LogP contribution is 2.45. The lowest BCUT2D eigenvalue weighted by molar-refractivity contribution is -0.345. The van der Waals surface area contributed by atoms with Crippen LogP contribution in [0, 0.1) is 0 Å². The molecule has 0 N–H and O–H groups in total. The molecule has 230 valence electrons. The van der Waals surface area contributed by atoms with E-state index in [0.29, 0.717) is 0 Å². The van der Waals surface area contributed by atoms with Crippen LogP contribution in [0.15, 0.2) is 47.5 Å². The minimum atomic E-state index is 1.01. The van der Waals surface area contributed by atoms with Crippen LogP contribution in [-0.4, -0.2) is 4.70 Å². The Morgan fingerprint density at radius 3 is 1.19 bits per heavy atom. The first-order valence-electron chi connectivity index (χ1n) is 17.7. The van der Waals surface area contributed by atoms with Crippen molar-refractivity contribution in [3.05, 3.63) is 86.5 Å². The molecule has 1 heterocycles. The molecule has 1 aliphatic heterocycles. The van der Waals surface area contributed by atoms with Gasteiger partial charge in [-0.05, 0) is 111 Å². The maximum absolute atomic E-state index is 12.2. The number of nitrogens with zero attached hydrogens (tertiary/aromatic N) is 2. The summed E-state index contributed by atoms with van der Waals surface area (Å²) < 4.78 is 1.61. The fourth-order valence-corrected chi connectivity index (χ4v) is 6.50. The van der Waals surface area contributed by atoms with Crippen molar-refractivity contribution in [2.24, 2.45) is 0 Å². The van der Waals surface area contributed by atoms with E-state index in [9.17, 15) is 5.53 Å². The summed E-state index contributed by atoms with van der Waals surface area (Å²) in [4.78, 5) is 0. The molecular formula is C40H60N2. The second kappa shape index (κ2) is 18.2. The van der Waals surface area contributed by atoms with Crippen LogP contribution < -0.4 is 0 Å². The molecule has 0 fully saturated rings. The first kappa shape index (κ1) is 34.0. The molecule has 0 saturated heterocycles. The lowest BCUT2D eigenvalue weighted by Crippen LogP contribution is -2.05. The fourth-order valence-electron chi connectivity index (χ4n) is 6.50. The zero-order valence-corrected chi connectivity index (χ0v) is 28.1. The van der Waals surface area contributed by atoms with E-state index in [0.717, 1.165) is 75.6 Å². The smallest absolute Gasteiger partial charge is 0.211 e. The molecule has 0 unspecified atom stereocenters. The average Bonchev–Trinajstić information content (AvgIpc) is 3.29. The highest BCUT2D eigenvalue weighted by Gasteiger charge is 2.35. The van der Waals surface area contributed by atoms with E-state index in [4.69, 9.17) is 0 Å². The highest BCUT2D eigenvalue weighted by atomic mass is 15.2. The van der Waals surface area contributed by atoms with E-state index in [1.54, 1.807) is 4.70 Å². The molecule has 0 aromatic heterocycles. The second-order valence-electron chi connectivity index (χ2n) is 12.6. The summed E-state index contributed by atoms with van der Waals surface area (Å²) in [6.45, 7) is 13.6. The van der Waals surface area contributed by atoms with Gasteiger partial charge in [0.2, 0.25) is 11.4 Å². The number of aryl methyl sites for hydroxylation is 4. The zero-order chi connectivity index (χ0) is 30.3. The van der Waals surface area contributed by atoms with Gasteiger partial charge in [0.25, 0.3) is 0 Å². The SMILES string of the molecule is CCCCCCc1cc(CCCCCC)cc(C2=C(CCCC)C(CCCC)=C(c3cc(CC)cc(CC)c3)[N+]2=[N-])c1. The first-order chi connectivity index (χ1) is 20.5. The van der Waals surface area contributed by atoms with Crippen molar-refractivity contribution < 1.29 is 4.70 Å². The maximum Gasteiger partial charge on any atom is 0.211 e. The summed E-state index contributed by atoms with van der Waals surface area (Å²) in [6, 6.07) is 14.3. The van der Waals surface area contributed by atoms with Crippen molar-refractivity contribution in [1.29, 1.82) is 0 Å². The van der Waals surface area contributed by atoms with Gasteiger partial charge in [-0.3, -0.25) is 0 Å². The molecule has 0 atom stereocenters. The van der Waals surface area contributed by atoms with E-state index in [2.05, 4.69) is 77.9 Å². The van der Waals surface area contributed by atoms with Gasteiger partial charge in [0, 0.05) is 22.3 Å². The van der Waals surface area contributed by atoms with Crippen LogP contribution in [0.5, 0.6) is 0 Å². The highest BCUT2D eigenvalue weighted by molar-refractivity contribution is 5.82. The second-order valence-corrected chi connectivity index (χ2v) is 12.6. The molecule has 0 bridgehead atoms. The number of benzene rings is 2. The number of allylic oxidation sites excluding steroid dienone is 2. The number of hydrogen-bond acceptors (Lipinski definition) is 0. The molecule has 0 amide bonds. The Bertz CT molecular complexity index is 1160. The van der Waals surface area contributed by atoms with Gasteiger partial charge in [-0.2, -0.15) is 0 Å². The molecular weight excluding hydrogens is 508 g/mol. The molecule has 3 rings (SSSR count). The Morgan fingerprint density at radius 2 is 0.810 bits per heavy atom. The van der Waals surface area contributed by atoms with Gasteiger partial charge in [0.05, 0.1) is 0 Å². The van der Waals surface area contributed by atoms with Crippen molar-refractivity contribution in [3.63, 3.8) is 0 Å². The lowest BCUT2D eigenvalue weighted by Gasteiger charge is -2.14. The third-order valence-electron chi connectivity index (χ3n) is 9.03. The molecule has 2 heteroatoms. The van der Waals surface area contributed by atoms with Crippen LogP contribution in [0.2, 0.25) is 0 Å². The predicted molar refractivity (Wildman–Crippen MR) is 184 cm³/mol. The molecule has 2 aromatic carbocycles. The van der Waals surface area contributed by atoms with Gasteiger partial charge in [-0.25, -0.2) is 4.70 Å². The van der Waals surface area contributed by atoms with Crippen molar-refractivity contribution in [2.45, 2.75) is 157 Å². The minimum absolute atomic E-state index is 1.01. The van der Waals surface area contributed by atoms with Gasteiger partial charge >= 0.3 is 0 Å². The van der Waals surface area contributed by atoms with Gasteiger partial charge < -0.3 is 5.53 Å². The first-order valence-corrected chi connectivity index (χ1v) is 17.7. The van der Waals surface area contributed by atoms with Crippen LogP contribution in [0.25, 0.3) is 16.9 Å². The largest absolute Gasteiger partial charge is 0.493 e. The molecule has 2 aromatic rings. The van der Waals surface area contributed by atoms with E-state index >= 15 is 0 Å². The van der Waals surface area contributed by atoms with Crippen molar-refractivity contribution >= 4 is 11.4 Å². The third-order valence-corrected chi connectivity index (χ3v) is 9.03. The molecule has 0 spiro atoms. The Morgan fingerprint density at radius 1 is 0.429 bits per heavy atom. The minimum Gasteiger partial charge on any atom is -0.493 e. The summed E-state index contributed by atoms with van der Waals surface area (Å²) >= 11 is 0. The van der Waals surface area contributed by atoms with E-state index in [1.165, 1.54) is 95.9 Å². The Hall–Kier alpha value is -2.48. The van der Waals surface area contributed by atoms with Crippen molar-refractivity contribution in [1.82, 2.24) is 0 Å². The maximum atomic E-state index is 12.2. The molecule has 2 nitrogen and oxygen atoms in total. The van der Waals surface area contributed by atoms with Crippen LogP contribution in [0.3, 0.4) is 0 Å². The molecule has 0 radical (unpaired) electrons. The van der Waals surface area contributed by atoms with Gasteiger partial charge in [0.15, 0.2) is 0 Å². The van der Waals surface area contributed by atoms with Gasteiger partial charge in [0.1, 0.15) is 0 Å². The van der Waals surface area contributed by atoms with Crippen molar-refractivity contribution in [3.8, 4) is 0 Å². The number of rotatable bonds is 20. The summed E-state index contributed by atoms with van der Waals surface area (Å²) in [7, 11) is 0. The van der Waals surface area contributed by atoms with Crippen LogP contribution in [0.4, 0.5) is 0 Å². The topological polar surface area (TPSA) is 25.3 Å². The quantitative estimate of drug-likeness (QED) is 0.112. The van der Waals surface area contributed by atoms with E-state index < -0.39 is 0 Å². The molecule has 1 aliphatic rings. The Balaban J connectivity index is 2.15. The number of hydrogen-bond donors (Lipinski definition) is 0. The molecule has 0 saturated carbocycles. The molecule has 42 heavy (non-hydrogen) atoms. The summed E-state index contributed by atoms with van der Waals surface area (Å²) in [5.41, 5.74) is 25.0. The lowest BCUT2D eigenvalue weighted by atomic mass is 9.90. The summed E-state index contributed by atoms with van der Waals surface area (Å²) in [6.07, 6.45) is 21.1. The predicted octanol–water partition coefficient (Wildman–Crippen LogP) is 12.6. The third kappa shape index (κ3) is 9.26. The van der Waals surface area contributed by atoms with E-state index in [-0.39, 0.29) is 0 Å². The van der Waals surface area contributed by atoms with Gasteiger partial charge in [-0.1, -0.05) is 105 Å². The summed E-state index contributed by atoms with van der Waals surface area (Å²) in [5.74, 6) is 0. The fraction of sp³-hybridized carbons (Fsp3) is 0.600.